The van der Waals surface area contributed by atoms with Crippen LogP contribution in [0.5, 0.6) is 0 Å². The Kier molecular flexibility index (Phi) is 4.42. The van der Waals surface area contributed by atoms with Gasteiger partial charge in [0.1, 0.15) is 5.83 Å². The molecule has 62 valence electrons. The molecule has 0 unspecified atom stereocenters. The van der Waals surface area contributed by atoms with Gasteiger partial charge in [-0.3, -0.25) is 0 Å². The molecule has 0 atom stereocenters. The van der Waals surface area contributed by atoms with E-state index in [1.807, 2.05) is 0 Å². The molecule has 0 aromatic rings. The summed E-state index contributed by atoms with van der Waals surface area (Å²) < 4.78 is 24.8. The van der Waals surface area contributed by atoms with E-state index in [0.29, 0.717) is 5.57 Å². The number of allylic oxidation sites excluding steroid dienone is 5. The number of hydrogen-bond donors (Lipinski definition) is 0. The second-order valence-corrected chi connectivity index (χ2v) is 2.29. The average Bonchev–Trinajstić information content (AvgIpc) is 1.98. The van der Waals surface area contributed by atoms with Crippen molar-refractivity contribution in [2.75, 3.05) is 0 Å². The quantitative estimate of drug-likeness (QED) is 0.549. The molecule has 0 aliphatic heterocycles. The first-order chi connectivity index (χ1) is 5.07. The molecule has 0 aliphatic carbocycles. The normalized spacial score (nSPS) is 14.4. The van der Waals surface area contributed by atoms with Crippen molar-refractivity contribution in [2.24, 2.45) is 0 Å². The third-order valence-corrected chi connectivity index (χ3v) is 1.30. The third kappa shape index (κ3) is 4.48. The van der Waals surface area contributed by atoms with Crippen molar-refractivity contribution in [3.8, 4) is 0 Å². The number of halogens is 2. The lowest BCUT2D eigenvalue weighted by atomic mass is 10.2. The van der Waals surface area contributed by atoms with Crippen LogP contribution < -0.4 is 0 Å². The van der Waals surface area contributed by atoms with Gasteiger partial charge in [0.15, 0.2) is 0 Å². The SMILES string of the molecule is C=C/C(C)=C(/F)C/C=C(\C)F. The molecular weight excluding hydrogens is 146 g/mol. The van der Waals surface area contributed by atoms with Crippen LogP contribution in [-0.4, -0.2) is 0 Å². The second-order valence-electron chi connectivity index (χ2n) is 2.29. The van der Waals surface area contributed by atoms with Gasteiger partial charge in [0.25, 0.3) is 0 Å². The highest BCUT2D eigenvalue weighted by Crippen LogP contribution is 2.12. The smallest absolute Gasteiger partial charge is 0.107 e. The van der Waals surface area contributed by atoms with Gasteiger partial charge in [-0.1, -0.05) is 12.7 Å². The van der Waals surface area contributed by atoms with Crippen molar-refractivity contribution in [3.63, 3.8) is 0 Å². The van der Waals surface area contributed by atoms with Gasteiger partial charge in [-0.05, 0) is 25.5 Å². The van der Waals surface area contributed by atoms with Gasteiger partial charge < -0.3 is 0 Å². The number of rotatable bonds is 3. The van der Waals surface area contributed by atoms with Crippen LogP contribution >= 0.6 is 0 Å². The average molecular weight is 158 g/mol. The summed E-state index contributed by atoms with van der Waals surface area (Å²) in [4.78, 5) is 0. The second kappa shape index (κ2) is 4.83. The van der Waals surface area contributed by atoms with Crippen molar-refractivity contribution in [2.45, 2.75) is 20.3 Å². The van der Waals surface area contributed by atoms with Crippen LogP contribution in [0.25, 0.3) is 0 Å². The molecule has 0 saturated carbocycles. The van der Waals surface area contributed by atoms with Gasteiger partial charge in [-0.2, -0.15) is 0 Å². The van der Waals surface area contributed by atoms with Gasteiger partial charge in [-0.15, -0.1) is 0 Å². The predicted octanol–water partition coefficient (Wildman–Crippen LogP) is 3.68. The molecule has 0 bridgehead atoms. The van der Waals surface area contributed by atoms with E-state index in [1.54, 1.807) is 6.92 Å². The van der Waals surface area contributed by atoms with E-state index < -0.39 is 0 Å². The number of hydrogen-bond acceptors (Lipinski definition) is 0. The van der Waals surface area contributed by atoms with E-state index >= 15 is 0 Å². The van der Waals surface area contributed by atoms with Gasteiger partial charge in [0.05, 0.1) is 5.83 Å². The molecule has 0 fully saturated rings. The Morgan fingerprint density at radius 1 is 1.36 bits per heavy atom. The summed E-state index contributed by atoms with van der Waals surface area (Å²) in [6, 6.07) is 0. The Hall–Kier alpha value is -0.920. The maximum absolute atomic E-state index is 12.8. The molecule has 0 aromatic heterocycles. The molecule has 11 heavy (non-hydrogen) atoms. The van der Waals surface area contributed by atoms with Crippen molar-refractivity contribution >= 4 is 0 Å². The minimum atomic E-state index is -0.364. The molecule has 0 aliphatic rings. The molecule has 2 heteroatoms. The summed E-state index contributed by atoms with van der Waals surface area (Å²) in [7, 11) is 0. The first kappa shape index (κ1) is 10.1. The Labute approximate surface area is 65.9 Å². The van der Waals surface area contributed by atoms with Crippen molar-refractivity contribution in [1.82, 2.24) is 0 Å². The van der Waals surface area contributed by atoms with Crippen LogP contribution in [0.4, 0.5) is 8.78 Å². The van der Waals surface area contributed by atoms with E-state index in [1.165, 1.54) is 19.1 Å². The largest absolute Gasteiger partial charge is 0.212 e. The van der Waals surface area contributed by atoms with Crippen LogP contribution in [0.1, 0.15) is 20.3 Å². The van der Waals surface area contributed by atoms with Crippen molar-refractivity contribution < 1.29 is 8.78 Å². The van der Waals surface area contributed by atoms with E-state index in [9.17, 15) is 8.78 Å². The zero-order valence-corrected chi connectivity index (χ0v) is 6.82. The minimum absolute atomic E-state index is 0.0141. The van der Waals surface area contributed by atoms with Crippen LogP contribution in [0, 0.1) is 0 Å². The summed E-state index contributed by atoms with van der Waals surface area (Å²) >= 11 is 0. The monoisotopic (exact) mass is 158 g/mol. The zero-order chi connectivity index (χ0) is 8.85. The van der Waals surface area contributed by atoms with Gasteiger partial charge in [0.2, 0.25) is 0 Å². The van der Waals surface area contributed by atoms with E-state index in [0.717, 1.165) is 0 Å². The standard InChI is InChI=1S/C9H12F2/c1-4-7(2)9(11)6-5-8(3)10/h4-5H,1,6H2,2-3H3/b8-5+,9-7+. The van der Waals surface area contributed by atoms with Gasteiger partial charge in [0, 0.05) is 6.42 Å². The molecule has 0 aromatic carbocycles. The van der Waals surface area contributed by atoms with E-state index in [-0.39, 0.29) is 18.1 Å². The Morgan fingerprint density at radius 2 is 1.91 bits per heavy atom. The molecule has 0 radical (unpaired) electrons. The maximum atomic E-state index is 12.8. The first-order valence-corrected chi connectivity index (χ1v) is 3.38. The van der Waals surface area contributed by atoms with E-state index in [4.69, 9.17) is 0 Å². The Bertz CT molecular complexity index is 196. The highest BCUT2D eigenvalue weighted by Gasteiger charge is 1.95. The fourth-order valence-corrected chi connectivity index (χ4v) is 0.502. The Morgan fingerprint density at radius 3 is 2.27 bits per heavy atom. The molecule has 0 nitrogen and oxygen atoms in total. The maximum Gasteiger partial charge on any atom is 0.107 e. The lowest BCUT2D eigenvalue weighted by Crippen LogP contribution is -1.77. The summed E-state index contributed by atoms with van der Waals surface area (Å²) in [5, 5.41) is 0. The minimum Gasteiger partial charge on any atom is -0.212 e. The van der Waals surface area contributed by atoms with Crippen LogP contribution in [0.15, 0.2) is 36.0 Å². The molecule has 0 saturated heterocycles. The van der Waals surface area contributed by atoms with Crippen molar-refractivity contribution in [1.29, 1.82) is 0 Å². The van der Waals surface area contributed by atoms with Crippen molar-refractivity contribution in [3.05, 3.63) is 36.0 Å². The molecule has 0 amide bonds. The topological polar surface area (TPSA) is 0 Å². The highest BCUT2D eigenvalue weighted by atomic mass is 19.1. The summed E-state index contributed by atoms with van der Waals surface area (Å²) in [5.41, 5.74) is 0.461. The fraction of sp³-hybridized carbons (Fsp3) is 0.333. The van der Waals surface area contributed by atoms with Crippen LogP contribution in [0.3, 0.4) is 0 Å². The van der Waals surface area contributed by atoms with E-state index in [2.05, 4.69) is 6.58 Å². The summed E-state index contributed by atoms with van der Waals surface area (Å²) in [6.45, 7) is 6.29. The van der Waals surface area contributed by atoms with Gasteiger partial charge in [-0.25, -0.2) is 8.78 Å². The molecule has 0 spiro atoms. The molecule has 0 rings (SSSR count). The molecular formula is C9H12F2. The summed E-state index contributed by atoms with van der Waals surface area (Å²) in [6.07, 6.45) is 2.62. The molecule has 0 N–H and O–H groups in total. The van der Waals surface area contributed by atoms with Crippen LogP contribution in [0.2, 0.25) is 0 Å². The van der Waals surface area contributed by atoms with Crippen LogP contribution in [-0.2, 0) is 0 Å². The fourth-order valence-electron chi connectivity index (χ4n) is 0.502. The third-order valence-electron chi connectivity index (χ3n) is 1.30. The summed E-state index contributed by atoms with van der Waals surface area (Å²) in [5.74, 6) is -0.700. The van der Waals surface area contributed by atoms with Gasteiger partial charge >= 0.3 is 0 Å². The lowest BCUT2D eigenvalue weighted by molar-refractivity contribution is 0.593. The predicted molar refractivity (Wildman–Crippen MR) is 43.5 cm³/mol. The molecule has 0 heterocycles. The lowest BCUT2D eigenvalue weighted by Gasteiger charge is -1.94. The first-order valence-electron chi connectivity index (χ1n) is 3.38. The highest BCUT2D eigenvalue weighted by molar-refractivity contribution is 5.19. The zero-order valence-electron chi connectivity index (χ0n) is 6.82. The Balaban J connectivity index is 4.17.